The summed E-state index contributed by atoms with van der Waals surface area (Å²) in [4.78, 5) is 0. The first-order chi connectivity index (χ1) is 6.69. The van der Waals surface area contributed by atoms with Gasteiger partial charge in [-0.1, -0.05) is 43.7 Å². The topological polar surface area (TPSA) is 0 Å². The van der Waals surface area contributed by atoms with Crippen LogP contribution in [0.1, 0.15) is 30.0 Å². The van der Waals surface area contributed by atoms with E-state index in [1.165, 1.54) is 17.5 Å². The van der Waals surface area contributed by atoms with E-state index in [0.717, 1.165) is 12.0 Å². The van der Waals surface area contributed by atoms with Crippen LogP contribution in [0.3, 0.4) is 0 Å². The largest absolute Gasteiger partial charge is 0.108 e. The summed E-state index contributed by atoms with van der Waals surface area (Å²) < 4.78 is 0. The second-order valence-corrected chi connectivity index (χ2v) is 3.76. The quantitative estimate of drug-likeness (QED) is 0.647. The molecule has 0 aliphatic carbocycles. The van der Waals surface area contributed by atoms with Crippen LogP contribution in [0.15, 0.2) is 30.5 Å². The van der Waals surface area contributed by atoms with E-state index >= 15 is 0 Å². The Kier molecular flexibility index (Phi) is 4.00. The number of aryl methyl sites for hydroxylation is 2. The first kappa shape index (κ1) is 11.1. The molecule has 0 heterocycles. The molecule has 0 unspecified atom stereocenters. The zero-order chi connectivity index (χ0) is 10.6. The number of rotatable bonds is 3. The number of benzene rings is 1. The third kappa shape index (κ3) is 2.51. The van der Waals surface area contributed by atoms with Crippen LogP contribution in [-0.2, 0) is 6.42 Å². The van der Waals surface area contributed by atoms with Gasteiger partial charge >= 0.3 is 0 Å². The van der Waals surface area contributed by atoms with Crippen molar-refractivity contribution in [2.75, 3.05) is 0 Å². The SMILES string of the molecule is C=C=C(Cl)c1ccc(CCC)c(C)c1. The predicted octanol–water partition coefficient (Wildman–Crippen LogP) is 4.31. The van der Waals surface area contributed by atoms with E-state index in [1.54, 1.807) is 0 Å². The molecular weight excluding hydrogens is 192 g/mol. The Morgan fingerprint density at radius 3 is 2.71 bits per heavy atom. The summed E-state index contributed by atoms with van der Waals surface area (Å²) in [5, 5.41) is 0.594. The van der Waals surface area contributed by atoms with E-state index < -0.39 is 0 Å². The van der Waals surface area contributed by atoms with Gasteiger partial charge in [0.05, 0.1) is 5.03 Å². The van der Waals surface area contributed by atoms with Crippen molar-refractivity contribution in [3.8, 4) is 0 Å². The molecule has 0 bridgehead atoms. The molecule has 0 amide bonds. The summed E-state index contributed by atoms with van der Waals surface area (Å²) in [5.74, 6) is 0. The molecule has 0 radical (unpaired) electrons. The van der Waals surface area contributed by atoms with Gasteiger partial charge in [-0.15, -0.1) is 5.73 Å². The monoisotopic (exact) mass is 206 g/mol. The summed E-state index contributed by atoms with van der Waals surface area (Å²) in [6, 6.07) is 6.25. The lowest BCUT2D eigenvalue weighted by Gasteiger charge is -2.06. The van der Waals surface area contributed by atoms with Gasteiger partial charge in [0.2, 0.25) is 0 Å². The minimum Gasteiger partial charge on any atom is -0.108 e. The van der Waals surface area contributed by atoms with E-state index in [9.17, 15) is 0 Å². The molecule has 0 nitrogen and oxygen atoms in total. The number of halogens is 1. The molecule has 0 saturated heterocycles. The third-order valence-corrected chi connectivity index (χ3v) is 2.62. The van der Waals surface area contributed by atoms with Crippen molar-refractivity contribution in [3.63, 3.8) is 0 Å². The molecule has 0 fully saturated rings. The maximum atomic E-state index is 5.94. The first-order valence-corrected chi connectivity index (χ1v) is 5.22. The van der Waals surface area contributed by atoms with Crippen LogP contribution in [-0.4, -0.2) is 0 Å². The number of hydrogen-bond acceptors (Lipinski definition) is 0. The molecule has 1 aromatic carbocycles. The minimum atomic E-state index is 0.594. The van der Waals surface area contributed by atoms with Gasteiger partial charge in [-0.05, 0) is 30.5 Å². The van der Waals surface area contributed by atoms with E-state index in [0.29, 0.717) is 5.03 Å². The normalized spacial score (nSPS) is 9.64. The summed E-state index contributed by atoms with van der Waals surface area (Å²) in [7, 11) is 0. The maximum absolute atomic E-state index is 5.94. The summed E-state index contributed by atoms with van der Waals surface area (Å²) in [6.07, 6.45) is 2.30. The predicted molar refractivity (Wildman–Crippen MR) is 63.6 cm³/mol. The molecule has 14 heavy (non-hydrogen) atoms. The van der Waals surface area contributed by atoms with Gasteiger partial charge in [-0.2, -0.15) is 0 Å². The Labute approximate surface area is 90.9 Å². The van der Waals surface area contributed by atoms with Crippen molar-refractivity contribution in [1.29, 1.82) is 0 Å². The average molecular weight is 207 g/mol. The molecular formula is C13H15Cl. The summed E-state index contributed by atoms with van der Waals surface area (Å²) in [6.45, 7) is 7.83. The molecule has 0 atom stereocenters. The fourth-order valence-corrected chi connectivity index (χ4v) is 1.60. The van der Waals surface area contributed by atoms with Crippen molar-refractivity contribution < 1.29 is 0 Å². The van der Waals surface area contributed by atoms with Crippen molar-refractivity contribution in [1.82, 2.24) is 0 Å². The zero-order valence-corrected chi connectivity index (χ0v) is 9.49. The second-order valence-electron chi connectivity index (χ2n) is 3.38. The highest BCUT2D eigenvalue weighted by Gasteiger charge is 2.01. The molecule has 0 aromatic heterocycles. The minimum absolute atomic E-state index is 0.594. The Balaban J connectivity index is 3.06. The third-order valence-electron chi connectivity index (χ3n) is 2.27. The van der Waals surface area contributed by atoms with Crippen LogP contribution >= 0.6 is 11.6 Å². The Morgan fingerprint density at radius 2 is 2.21 bits per heavy atom. The van der Waals surface area contributed by atoms with Gasteiger partial charge in [-0.25, -0.2) is 0 Å². The first-order valence-electron chi connectivity index (χ1n) is 4.84. The summed E-state index contributed by atoms with van der Waals surface area (Å²) in [5.41, 5.74) is 6.37. The molecule has 0 N–H and O–H groups in total. The maximum Gasteiger partial charge on any atom is 0.0891 e. The van der Waals surface area contributed by atoms with Crippen LogP contribution in [0.5, 0.6) is 0 Å². The lowest BCUT2D eigenvalue weighted by molar-refractivity contribution is 0.912. The molecule has 1 heteroatoms. The van der Waals surface area contributed by atoms with Crippen LogP contribution < -0.4 is 0 Å². The lowest BCUT2D eigenvalue weighted by Crippen LogP contribution is -1.89. The standard InChI is InChI=1S/C13H15Cl/c1-4-6-11-7-8-12(9-10(11)3)13(14)5-2/h7-9H,2,4,6H2,1,3H3. The van der Waals surface area contributed by atoms with Crippen molar-refractivity contribution in [2.24, 2.45) is 0 Å². The fourth-order valence-electron chi connectivity index (χ4n) is 1.48. The molecule has 74 valence electrons. The average Bonchev–Trinajstić information content (AvgIpc) is 2.20. The molecule has 0 aliphatic rings. The Hall–Kier alpha value is -0.970. The molecule has 0 saturated carbocycles. The molecule has 0 spiro atoms. The van der Waals surface area contributed by atoms with Gasteiger partial charge in [-0.3, -0.25) is 0 Å². The van der Waals surface area contributed by atoms with Gasteiger partial charge in [0.1, 0.15) is 0 Å². The smallest absolute Gasteiger partial charge is 0.0891 e. The van der Waals surface area contributed by atoms with Gasteiger partial charge < -0.3 is 0 Å². The zero-order valence-electron chi connectivity index (χ0n) is 8.73. The van der Waals surface area contributed by atoms with Crippen LogP contribution in [0.25, 0.3) is 5.03 Å². The van der Waals surface area contributed by atoms with Crippen LogP contribution in [0, 0.1) is 6.92 Å². The van der Waals surface area contributed by atoms with Crippen LogP contribution in [0.2, 0.25) is 0 Å². The molecule has 0 aliphatic heterocycles. The van der Waals surface area contributed by atoms with E-state index in [-0.39, 0.29) is 0 Å². The van der Waals surface area contributed by atoms with Crippen LogP contribution in [0.4, 0.5) is 0 Å². The molecule has 1 aromatic rings. The highest BCUT2D eigenvalue weighted by atomic mass is 35.5. The highest BCUT2D eigenvalue weighted by Crippen LogP contribution is 2.21. The van der Waals surface area contributed by atoms with Gasteiger partial charge in [0, 0.05) is 5.56 Å². The highest BCUT2D eigenvalue weighted by molar-refractivity contribution is 6.48. The fraction of sp³-hybridized carbons (Fsp3) is 0.308. The molecule has 1 rings (SSSR count). The van der Waals surface area contributed by atoms with Crippen molar-refractivity contribution >= 4 is 16.6 Å². The second kappa shape index (κ2) is 5.05. The van der Waals surface area contributed by atoms with E-state index in [4.69, 9.17) is 11.6 Å². The van der Waals surface area contributed by atoms with Gasteiger partial charge in [0.25, 0.3) is 0 Å². The lowest BCUT2D eigenvalue weighted by atomic mass is 10.0. The van der Waals surface area contributed by atoms with Crippen molar-refractivity contribution in [2.45, 2.75) is 26.7 Å². The Morgan fingerprint density at radius 1 is 1.50 bits per heavy atom. The number of hydrogen-bond donors (Lipinski definition) is 0. The van der Waals surface area contributed by atoms with E-state index in [1.807, 2.05) is 6.07 Å². The Bertz CT molecular complexity index is 371. The van der Waals surface area contributed by atoms with Crippen molar-refractivity contribution in [3.05, 3.63) is 47.2 Å². The van der Waals surface area contributed by atoms with E-state index in [2.05, 4.69) is 38.3 Å². The van der Waals surface area contributed by atoms with Gasteiger partial charge in [0.15, 0.2) is 0 Å². The summed E-state index contributed by atoms with van der Waals surface area (Å²) >= 11 is 5.94.